The average Bonchev–Trinajstić information content (AvgIpc) is 3.04. The van der Waals surface area contributed by atoms with Crippen molar-refractivity contribution in [2.75, 3.05) is 19.0 Å². The summed E-state index contributed by atoms with van der Waals surface area (Å²) in [5.74, 6) is -1.67. The smallest absolute Gasteiger partial charge is 0.387 e. The van der Waals surface area contributed by atoms with E-state index in [2.05, 4.69) is 19.8 Å². The average molecular weight is 371 g/mol. The maximum absolute atomic E-state index is 12.6. The van der Waals surface area contributed by atoms with E-state index in [9.17, 15) is 18.4 Å². The molecule has 0 aliphatic carbocycles. The van der Waals surface area contributed by atoms with Gasteiger partial charge in [-0.3, -0.25) is 4.79 Å². The number of benzene rings is 1. The van der Waals surface area contributed by atoms with Crippen LogP contribution in [0.1, 0.15) is 25.9 Å². The highest BCUT2D eigenvalue weighted by Crippen LogP contribution is 2.28. The number of halogens is 2. The molecule has 0 radical (unpaired) electrons. The first kappa shape index (κ1) is 18.7. The highest BCUT2D eigenvalue weighted by Gasteiger charge is 2.18. The van der Waals surface area contributed by atoms with Crippen LogP contribution in [0.3, 0.4) is 0 Å². The van der Waals surface area contributed by atoms with Crippen molar-refractivity contribution in [1.82, 2.24) is 4.98 Å². The van der Waals surface area contributed by atoms with Gasteiger partial charge in [0.15, 0.2) is 0 Å². The van der Waals surface area contributed by atoms with Crippen molar-refractivity contribution in [1.29, 1.82) is 0 Å². The molecule has 2 aromatic rings. The van der Waals surface area contributed by atoms with Crippen LogP contribution in [0.15, 0.2) is 23.6 Å². The van der Waals surface area contributed by atoms with Crippen molar-refractivity contribution in [2.45, 2.75) is 13.0 Å². The molecule has 0 fully saturated rings. The summed E-state index contributed by atoms with van der Waals surface area (Å²) < 4.78 is 34.1. The summed E-state index contributed by atoms with van der Waals surface area (Å²) in [7, 11) is 1.16. The maximum atomic E-state index is 12.6. The third-order valence-electron chi connectivity index (χ3n) is 3.01. The van der Waals surface area contributed by atoms with Crippen LogP contribution >= 0.6 is 11.3 Å². The summed E-state index contributed by atoms with van der Waals surface area (Å²) in [6.45, 7) is -2.73. The largest absolute Gasteiger partial charge is 0.465 e. The number of nitrogens with two attached hydrogens (primary N) is 1. The molecule has 1 amide bonds. The Morgan fingerprint density at radius 2 is 2.16 bits per heavy atom. The third kappa shape index (κ3) is 4.94. The van der Waals surface area contributed by atoms with Gasteiger partial charge in [0.2, 0.25) is 0 Å². The number of nitrogens with one attached hydrogen (secondary N) is 1. The summed E-state index contributed by atoms with van der Waals surface area (Å²) in [5, 5.41) is 4.67. The van der Waals surface area contributed by atoms with E-state index in [1.807, 2.05) is 0 Å². The fourth-order valence-electron chi connectivity index (χ4n) is 1.90. The summed E-state index contributed by atoms with van der Waals surface area (Å²) >= 11 is 1.27. The van der Waals surface area contributed by atoms with Crippen LogP contribution in [-0.4, -0.2) is 37.1 Å². The maximum Gasteiger partial charge on any atom is 0.387 e. The molecule has 3 N–H and O–H groups in total. The van der Waals surface area contributed by atoms with Crippen LogP contribution < -0.4 is 15.8 Å². The quantitative estimate of drug-likeness (QED) is 0.724. The molecule has 1 aromatic carbocycles. The number of nitrogens with zero attached hydrogens (tertiary/aromatic N) is 1. The van der Waals surface area contributed by atoms with E-state index in [-0.39, 0.29) is 22.7 Å². The summed E-state index contributed by atoms with van der Waals surface area (Å²) in [4.78, 5) is 27.8. The zero-order valence-corrected chi connectivity index (χ0v) is 13.9. The number of thiazole rings is 1. The molecule has 7 nitrogen and oxygen atoms in total. The van der Waals surface area contributed by atoms with E-state index < -0.39 is 18.5 Å². The zero-order valence-electron chi connectivity index (χ0n) is 13.1. The number of methoxy groups -OCH3 is 1. The lowest BCUT2D eigenvalue weighted by atomic mass is 10.2. The first-order valence-corrected chi connectivity index (χ1v) is 7.95. The van der Waals surface area contributed by atoms with Crippen molar-refractivity contribution in [3.05, 3.63) is 39.8 Å². The van der Waals surface area contributed by atoms with Gasteiger partial charge in [0.05, 0.1) is 23.4 Å². The van der Waals surface area contributed by atoms with Crippen LogP contribution in [0.2, 0.25) is 0 Å². The third-order valence-corrected chi connectivity index (χ3v) is 3.92. The first-order valence-electron chi connectivity index (χ1n) is 7.07. The second kappa shape index (κ2) is 8.49. The van der Waals surface area contributed by atoms with E-state index in [0.29, 0.717) is 18.0 Å². The number of anilines is 1. The Labute approximate surface area is 145 Å². The van der Waals surface area contributed by atoms with Crippen LogP contribution in [0.4, 0.5) is 14.5 Å². The minimum Gasteiger partial charge on any atom is -0.465 e. The van der Waals surface area contributed by atoms with E-state index >= 15 is 0 Å². The van der Waals surface area contributed by atoms with Crippen LogP contribution in [-0.2, 0) is 11.2 Å². The molecule has 2 rings (SSSR count). The predicted molar refractivity (Wildman–Crippen MR) is 87.2 cm³/mol. The molecule has 134 valence electrons. The molecule has 10 heteroatoms. The van der Waals surface area contributed by atoms with Crippen molar-refractivity contribution in [3.8, 4) is 5.75 Å². The van der Waals surface area contributed by atoms with Gasteiger partial charge in [-0.05, 0) is 24.7 Å². The van der Waals surface area contributed by atoms with Crippen LogP contribution in [0, 0.1) is 0 Å². The van der Waals surface area contributed by atoms with Crippen LogP contribution in [0.25, 0.3) is 0 Å². The normalized spacial score (nSPS) is 10.6. The second-order valence-corrected chi connectivity index (χ2v) is 5.64. The summed E-state index contributed by atoms with van der Waals surface area (Å²) in [5.41, 5.74) is 5.55. The monoisotopic (exact) mass is 371 g/mol. The summed E-state index contributed by atoms with van der Waals surface area (Å²) in [6.07, 6.45) is 0.533. The summed E-state index contributed by atoms with van der Waals surface area (Å²) in [6, 6.07) is 3.66. The number of hydrogen-bond acceptors (Lipinski definition) is 7. The van der Waals surface area contributed by atoms with Crippen molar-refractivity contribution in [3.63, 3.8) is 0 Å². The number of aromatic nitrogens is 1. The number of alkyl halides is 2. The van der Waals surface area contributed by atoms with Gasteiger partial charge < -0.3 is 20.5 Å². The van der Waals surface area contributed by atoms with Crippen molar-refractivity contribution < 1.29 is 27.8 Å². The van der Waals surface area contributed by atoms with E-state index in [0.717, 1.165) is 13.2 Å². The number of carbonyl (C=O) groups is 2. The van der Waals surface area contributed by atoms with Gasteiger partial charge in [-0.15, -0.1) is 11.3 Å². The molecule has 0 unspecified atom stereocenters. The lowest BCUT2D eigenvalue weighted by Gasteiger charge is -2.12. The lowest BCUT2D eigenvalue weighted by molar-refractivity contribution is -0.0494. The van der Waals surface area contributed by atoms with E-state index in [1.165, 1.54) is 28.8 Å². The highest BCUT2D eigenvalue weighted by atomic mass is 32.1. The molecule has 1 aromatic heterocycles. The molecule has 0 bridgehead atoms. The first-order chi connectivity index (χ1) is 11.9. The Morgan fingerprint density at radius 3 is 2.80 bits per heavy atom. The molecule has 0 saturated carbocycles. The molecule has 25 heavy (non-hydrogen) atoms. The molecule has 0 aliphatic rings. The Kier molecular flexibility index (Phi) is 6.37. The van der Waals surface area contributed by atoms with Gasteiger partial charge in [0.1, 0.15) is 11.4 Å². The zero-order chi connectivity index (χ0) is 18.4. The van der Waals surface area contributed by atoms with Crippen LogP contribution in [0.5, 0.6) is 5.75 Å². The Bertz CT molecular complexity index is 767. The molecule has 0 spiro atoms. The van der Waals surface area contributed by atoms with Gasteiger partial charge in [-0.25, -0.2) is 9.78 Å². The molecular formula is C15H15F2N3O4S. The van der Waals surface area contributed by atoms with Gasteiger partial charge in [-0.2, -0.15) is 8.78 Å². The Hall–Kier alpha value is -2.59. The predicted octanol–water partition coefficient (Wildman–Crippen LogP) is 2.28. The molecule has 0 aliphatic heterocycles. The number of esters is 1. The minimum absolute atomic E-state index is 0.00930. The second-order valence-electron chi connectivity index (χ2n) is 4.70. The molecule has 0 atom stereocenters. The standard InChI is InChI=1S/C15H15F2N3O4S/c1-23-14(22)8-2-3-9(11(6-8)24-15(16)17)20-13(21)10-7-25-12(19-10)4-5-18/h2-3,6-7,15H,4-5,18H2,1H3,(H,20,21). The molecule has 0 saturated heterocycles. The minimum atomic E-state index is -3.13. The van der Waals surface area contributed by atoms with Gasteiger partial charge in [0, 0.05) is 11.8 Å². The van der Waals surface area contributed by atoms with Gasteiger partial charge in [0.25, 0.3) is 5.91 Å². The van der Waals surface area contributed by atoms with Crippen molar-refractivity contribution >= 4 is 28.9 Å². The number of amides is 1. The SMILES string of the molecule is COC(=O)c1ccc(NC(=O)c2csc(CCN)n2)c(OC(F)F)c1. The number of carbonyl (C=O) groups excluding carboxylic acids is 2. The number of rotatable bonds is 7. The Morgan fingerprint density at radius 1 is 1.40 bits per heavy atom. The fraction of sp³-hybridized carbons (Fsp3) is 0.267. The number of ether oxygens (including phenoxy) is 2. The number of hydrogen-bond donors (Lipinski definition) is 2. The highest BCUT2D eigenvalue weighted by molar-refractivity contribution is 7.09. The topological polar surface area (TPSA) is 104 Å². The molecule has 1 heterocycles. The molecular weight excluding hydrogens is 356 g/mol. The Balaban J connectivity index is 2.24. The fourth-order valence-corrected chi connectivity index (χ4v) is 2.70. The van der Waals surface area contributed by atoms with E-state index in [1.54, 1.807) is 0 Å². The van der Waals surface area contributed by atoms with Crippen molar-refractivity contribution in [2.24, 2.45) is 5.73 Å². The van der Waals surface area contributed by atoms with Gasteiger partial charge >= 0.3 is 12.6 Å². The van der Waals surface area contributed by atoms with Gasteiger partial charge in [-0.1, -0.05) is 0 Å². The van der Waals surface area contributed by atoms with E-state index in [4.69, 9.17) is 5.73 Å². The lowest BCUT2D eigenvalue weighted by Crippen LogP contribution is -2.15.